The van der Waals surface area contributed by atoms with Crippen molar-refractivity contribution in [3.8, 4) is 0 Å². The van der Waals surface area contributed by atoms with Crippen LogP contribution in [0.2, 0.25) is 5.02 Å². The number of aryl methyl sites for hydroxylation is 1. The smallest absolute Gasteiger partial charge is 0.351 e. The van der Waals surface area contributed by atoms with Crippen LogP contribution in [0.3, 0.4) is 0 Å². The minimum atomic E-state index is -4.74. The van der Waals surface area contributed by atoms with Crippen molar-refractivity contribution < 1.29 is 65.9 Å². The van der Waals surface area contributed by atoms with Gasteiger partial charge in [-0.2, -0.15) is 13.2 Å². The van der Waals surface area contributed by atoms with Gasteiger partial charge in [0.05, 0.1) is 30.2 Å². The summed E-state index contributed by atoms with van der Waals surface area (Å²) in [6.07, 6.45) is 2.28. The van der Waals surface area contributed by atoms with E-state index in [4.69, 9.17) is 11.6 Å². The van der Waals surface area contributed by atoms with E-state index in [1.54, 1.807) is 13.8 Å². The van der Waals surface area contributed by atoms with Crippen LogP contribution in [-0.2, 0) is 65.3 Å². The SMILES string of the molecule is CC[C@H](C)[C@@H]1NC(=O)[C@H](CC(C)C)N(C)C(=O)C[C@@H](C)NC(=O)[C@H](CC(C)C)N(C)C(=O)C2(CCCC2)NC(=O)[C@@H]2CCCN2C(=O)[C@H](CCc2ccc(C(F)(F)F)c(Cl)c2)NC(=O)CN(C)C(=O)[C@H](CC2CCCCC2)N(C)C(=O)CN(C)C(=O)CN(C)C1=O. The number of amides is 11. The Morgan fingerprint density at radius 3 is 1.78 bits per heavy atom. The Morgan fingerprint density at radius 1 is 0.626 bits per heavy atom. The highest BCUT2D eigenvalue weighted by Crippen LogP contribution is 2.37. The monoisotopic (exact) mass is 1300 g/mol. The number of nitrogens with one attached hydrogen (secondary N) is 4. The first-order valence-electron chi connectivity index (χ1n) is 32.5. The minimum Gasteiger partial charge on any atom is -0.351 e. The predicted octanol–water partition coefficient (Wildman–Crippen LogP) is 5.55. The van der Waals surface area contributed by atoms with E-state index in [-0.39, 0.29) is 82.1 Å². The number of carbonyl (C=O) groups is 11. The van der Waals surface area contributed by atoms with Crippen LogP contribution in [0.15, 0.2) is 18.2 Å². The van der Waals surface area contributed by atoms with Crippen molar-refractivity contribution in [2.45, 2.75) is 218 Å². The molecule has 2 aliphatic carbocycles. The topological polar surface area (TPSA) is 259 Å². The van der Waals surface area contributed by atoms with Crippen LogP contribution in [0.4, 0.5) is 13.2 Å². The number of carbonyl (C=O) groups excluding carboxylic acids is 11. The number of hydrogen-bond donors (Lipinski definition) is 4. The number of likely N-dealkylation sites (N-methyl/N-ethyl adjacent to an activating group) is 6. The molecule has 1 spiro atoms. The van der Waals surface area contributed by atoms with Gasteiger partial charge in [-0.1, -0.05) is 111 Å². The van der Waals surface area contributed by atoms with Gasteiger partial charge in [-0.15, -0.1) is 0 Å². The van der Waals surface area contributed by atoms with E-state index in [0.29, 0.717) is 31.2 Å². The van der Waals surface area contributed by atoms with Crippen molar-refractivity contribution in [2.24, 2.45) is 23.7 Å². The fraction of sp³-hybridized carbons (Fsp3) is 0.738. The zero-order chi connectivity index (χ0) is 68.0. The van der Waals surface area contributed by atoms with Crippen molar-refractivity contribution in [1.29, 1.82) is 0 Å². The van der Waals surface area contributed by atoms with Gasteiger partial charge < -0.3 is 55.6 Å². The van der Waals surface area contributed by atoms with Gasteiger partial charge in [0.2, 0.25) is 65.0 Å². The summed E-state index contributed by atoms with van der Waals surface area (Å²) in [5, 5.41) is 11.0. The highest BCUT2D eigenvalue weighted by atomic mass is 35.5. The summed E-state index contributed by atoms with van der Waals surface area (Å²) < 4.78 is 41.3. The molecule has 0 unspecified atom stereocenters. The van der Waals surface area contributed by atoms with E-state index in [2.05, 4.69) is 21.3 Å². The molecule has 11 amide bonds. The molecule has 5 rings (SSSR count). The average molecular weight is 1310 g/mol. The molecule has 2 aliphatic heterocycles. The van der Waals surface area contributed by atoms with Crippen LogP contribution in [0, 0.1) is 23.7 Å². The molecule has 4 N–H and O–H groups in total. The largest absolute Gasteiger partial charge is 0.417 e. The summed E-state index contributed by atoms with van der Waals surface area (Å²) in [6, 6.07) is -4.55. The van der Waals surface area contributed by atoms with E-state index in [1.807, 2.05) is 34.6 Å². The van der Waals surface area contributed by atoms with Crippen LogP contribution < -0.4 is 21.3 Å². The Hall–Kier alpha value is -6.53. The summed E-state index contributed by atoms with van der Waals surface area (Å²) in [6.45, 7) is 11.2. The third kappa shape index (κ3) is 20.2. The Morgan fingerprint density at radius 2 is 1.20 bits per heavy atom. The van der Waals surface area contributed by atoms with E-state index < -0.39 is 155 Å². The van der Waals surface area contributed by atoms with E-state index in [9.17, 15) is 56.3 Å². The molecule has 4 fully saturated rings. The summed E-state index contributed by atoms with van der Waals surface area (Å²) in [5.41, 5.74) is -2.24. The highest BCUT2D eigenvalue weighted by Gasteiger charge is 2.49. The molecule has 1 aromatic carbocycles. The van der Waals surface area contributed by atoms with Gasteiger partial charge in [0.15, 0.2) is 0 Å². The van der Waals surface area contributed by atoms with Crippen molar-refractivity contribution in [3.63, 3.8) is 0 Å². The molecular formula is C65H101ClF3N11O11. The van der Waals surface area contributed by atoms with Gasteiger partial charge in [-0.3, -0.25) is 52.7 Å². The number of fused-ring (bicyclic) bond motifs is 1. The molecule has 0 aromatic heterocycles. The maximum absolute atomic E-state index is 15.1. The lowest BCUT2D eigenvalue weighted by molar-refractivity contribution is -0.149. The van der Waals surface area contributed by atoms with Crippen LogP contribution in [0.5, 0.6) is 0 Å². The number of alkyl halides is 3. The van der Waals surface area contributed by atoms with E-state index in [0.717, 1.165) is 58.9 Å². The summed E-state index contributed by atoms with van der Waals surface area (Å²) in [4.78, 5) is 168. The fourth-order valence-electron chi connectivity index (χ4n) is 13.0. The molecule has 4 aliphatic rings. The maximum Gasteiger partial charge on any atom is 0.417 e. The van der Waals surface area contributed by atoms with Crippen molar-refractivity contribution in [1.82, 2.24) is 55.6 Å². The van der Waals surface area contributed by atoms with Gasteiger partial charge in [-0.05, 0) is 106 Å². The maximum atomic E-state index is 15.1. The third-order valence-electron chi connectivity index (χ3n) is 18.8. The standard InChI is InChI=1S/C65H101ClF3N11O11/c1-14-41(6)56-62(90)76(10)37-54(83)74(8)38-55(84)78(12)51(35-43-21-16-15-17-22-43)61(89)75(9)36-52(81)71-47(27-25-44-24-26-45(46(66)34-44)65(67,68)69)60(88)80-30-20-23-48(80)59(87)73-64(28-18-19-29-64)63(91)79(13)50(32-40(4)5)57(85)70-42(7)33-53(82)77(11)49(31-39(2)3)58(86)72-56/h24,26,34,39-43,47-51,56H,14-23,25,27-33,35-38H2,1-13H3,(H,70,85)(H,71,81)(H,72,86)(H,73,87)/t41-,42+,47-,48-,49-,50-,51-,56-/m0/s1. The Balaban J connectivity index is 1.55. The second-order valence-corrected chi connectivity index (χ2v) is 27.4. The molecule has 0 bridgehead atoms. The Kier molecular flexibility index (Phi) is 27.6. The number of rotatable bonds is 11. The van der Waals surface area contributed by atoms with E-state index >= 15 is 9.59 Å². The van der Waals surface area contributed by atoms with Crippen molar-refractivity contribution in [2.75, 3.05) is 68.5 Å². The molecule has 8 atom stereocenters. The van der Waals surface area contributed by atoms with Crippen molar-refractivity contribution in [3.05, 3.63) is 34.3 Å². The second-order valence-electron chi connectivity index (χ2n) is 27.0. The lowest BCUT2D eigenvalue weighted by Crippen LogP contribution is -2.64. The van der Waals surface area contributed by atoms with Gasteiger partial charge in [-0.25, -0.2) is 0 Å². The molecule has 22 nitrogen and oxygen atoms in total. The highest BCUT2D eigenvalue weighted by molar-refractivity contribution is 6.31. The quantitative estimate of drug-likeness (QED) is 0.213. The summed E-state index contributed by atoms with van der Waals surface area (Å²) in [5.74, 6) is -7.40. The Bertz CT molecular complexity index is 2780. The fourth-order valence-corrected chi connectivity index (χ4v) is 13.3. The number of nitrogens with zero attached hydrogens (tertiary/aromatic N) is 7. The number of hydrogen-bond acceptors (Lipinski definition) is 11. The van der Waals surface area contributed by atoms with Crippen LogP contribution in [0.1, 0.15) is 169 Å². The van der Waals surface area contributed by atoms with Gasteiger partial charge in [0.1, 0.15) is 41.8 Å². The first kappa shape index (κ1) is 75.2. The van der Waals surface area contributed by atoms with Gasteiger partial charge in [0.25, 0.3) is 0 Å². The molecule has 0 radical (unpaired) electrons. The molecular weight excluding hydrogens is 1200 g/mol. The summed E-state index contributed by atoms with van der Waals surface area (Å²) in [7, 11) is 8.57. The molecule has 2 saturated heterocycles. The van der Waals surface area contributed by atoms with Crippen LogP contribution in [-0.4, -0.2) is 216 Å². The Labute approximate surface area is 540 Å². The van der Waals surface area contributed by atoms with Gasteiger partial charge in [0, 0.05) is 61.3 Å². The first-order valence-corrected chi connectivity index (χ1v) is 32.9. The lowest BCUT2D eigenvalue weighted by Gasteiger charge is -2.39. The predicted molar refractivity (Wildman–Crippen MR) is 337 cm³/mol. The second kappa shape index (κ2) is 33.4. The minimum absolute atomic E-state index is 0.0337. The molecule has 1 aromatic rings. The third-order valence-corrected chi connectivity index (χ3v) is 19.1. The zero-order valence-electron chi connectivity index (χ0n) is 55.8. The van der Waals surface area contributed by atoms with Crippen LogP contribution in [0.25, 0.3) is 0 Å². The normalized spacial score (nSPS) is 26.2. The van der Waals surface area contributed by atoms with Crippen molar-refractivity contribution >= 4 is 76.6 Å². The zero-order valence-corrected chi connectivity index (χ0v) is 56.5. The van der Waals surface area contributed by atoms with Crippen LogP contribution >= 0.6 is 11.6 Å². The van der Waals surface area contributed by atoms with E-state index in [1.165, 1.54) is 68.0 Å². The number of halogens is 4. The first-order chi connectivity index (χ1) is 42.6. The lowest BCUT2D eigenvalue weighted by atomic mass is 9.84. The molecule has 510 valence electrons. The molecule has 26 heteroatoms. The molecule has 2 heterocycles. The average Bonchev–Trinajstić information content (AvgIpc) is 1.77. The molecule has 91 heavy (non-hydrogen) atoms. The molecule has 2 saturated carbocycles. The summed E-state index contributed by atoms with van der Waals surface area (Å²) >= 11 is 6.12. The number of benzene rings is 1. The van der Waals surface area contributed by atoms with Gasteiger partial charge >= 0.3 is 6.18 Å².